The zero-order valence-corrected chi connectivity index (χ0v) is 23.4. The van der Waals surface area contributed by atoms with Crippen molar-refractivity contribution in [3.63, 3.8) is 0 Å². The average molecular weight is 558 g/mol. The highest BCUT2D eigenvalue weighted by Gasteiger charge is 2.37. The molecule has 3 N–H and O–H groups in total. The Bertz CT molecular complexity index is 1470. The van der Waals surface area contributed by atoms with Gasteiger partial charge in [0.25, 0.3) is 0 Å². The third kappa shape index (κ3) is 5.98. The second-order valence-corrected chi connectivity index (χ2v) is 11.8. The van der Waals surface area contributed by atoms with E-state index in [9.17, 15) is 4.57 Å². The molecule has 5 rings (SSSR count). The van der Waals surface area contributed by atoms with Gasteiger partial charge >= 0.3 is 7.75 Å². The number of anilines is 1. The van der Waals surface area contributed by atoms with Gasteiger partial charge in [-0.2, -0.15) is 0 Å². The molecule has 0 amide bonds. The van der Waals surface area contributed by atoms with Gasteiger partial charge in [-0.3, -0.25) is 4.52 Å². The lowest BCUT2D eigenvalue weighted by atomic mass is 10.2. The highest BCUT2D eigenvalue weighted by Crippen LogP contribution is 2.48. The van der Waals surface area contributed by atoms with Gasteiger partial charge in [-0.1, -0.05) is 29.8 Å². The largest absolute Gasteiger partial charge is 0.459 e. The summed E-state index contributed by atoms with van der Waals surface area (Å²) < 4.78 is 33.9. The van der Waals surface area contributed by atoms with Gasteiger partial charge in [-0.05, 0) is 69.9 Å². The van der Waals surface area contributed by atoms with Crippen molar-refractivity contribution in [2.45, 2.75) is 58.9 Å². The van der Waals surface area contributed by atoms with E-state index in [1.807, 2.05) is 49.6 Å². The normalized spacial score (nSPS) is 16.9. The Hall–Kier alpha value is -2.68. The number of halogens is 1. The summed E-state index contributed by atoms with van der Waals surface area (Å²) in [6, 6.07) is 14.5. The predicted molar refractivity (Wildman–Crippen MR) is 150 cm³/mol. The molecule has 11 heteroatoms. The Morgan fingerprint density at radius 2 is 1.89 bits per heavy atom. The zero-order valence-electron chi connectivity index (χ0n) is 21.8. The number of benzene rings is 2. The van der Waals surface area contributed by atoms with Crippen LogP contribution in [0.5, 0.6) is 5.75 Å². The van der Waals surface area contributed by atoms with Crippen molar-refractivity contribution < 1.29 is 18.3 Å². The number of hydrogen-bond donors (Lipinski definition) is 2. The van der Waals surface area contributed by atoms with Gasteiger partial charge in [0.15, 0.2) is 5.82 Å². The van der Waals surface area contributed by atoms with E-state index in [2.05, 4.69) is 10.1 Å². The molecule has 2 heterocycles. The summed E-state index contributed by atoms with van der Waals surface area (Å²) in [6.07, 6.45) is 1.67. The molecule has 0 spiro atoms. The minimum atomic E-state index is -3.75. The minimum absolute atomic E-state index is 0.0160. The average Bonchev–Trinajstić information content (AvgIpc) is 3.67. The molecule has 0 unspecified atom stereocenters. The lowest BCUT2D eigenvalue weighted by Crippen LogP contribution is -2.30. The third-order valence-corrected chi connectivity index (χ3v) is 8.68. The number of ether oxygens (including phenoxy) is 1. The van der Waals surface area contributed by atoms with Crippen molar-refractivity contribution in [3.05, 3.63) is 59.4 Å². The van der Waals surface area contributed by atoms with Crippen LogP contribution < -0.4 is 15.3 Å². The molecule has 1 aliphatic carbocycles. The first-order valence-electron chi connectivity index (χ1n) is 12.9. The Kier molecular flexibility index (Phi) is 7.93. The van der Waals surface area contributed by atoms with Crippen molar-refractivity contribution in [2.75, 3.05) is 12.3 Å². The molecule has 9 nitrogen and oxygen atoms in total. The number of rotatable bonds is 12. The van der Waals surface area contributed by atoms with Gasteiger partial charge < -0.3 is 19.6 Å². The van der Waals surface area contributed by atoms with E-state index in [-0.39, 0.29) is 6.04 Å². The maximum absolute atomic E-state index is 14.1. The molecule has 1 saturated carbocycles. The summed E-state index contributed by atoms with van der Waals surface area (Å²) in [5.41, 5.74) is 8.52. The van der Waals surface area contributed by atoms with Gasteiger partial charge in [-0.25, -0.2) is 19.6 Å². The van der Waals surface area contributed by atoms with Crippen LogP contribution in [0.25, 0.3) is 21.9 Å². The number of nitrogens with zero attached hydrogens (tertiary/aromatic N) is 3. The van der Waals surface area contributed by atoms with E-state index in [0.717, 1.165) is 29.3 Å². The molecule has 0 radical (unpaired) electrons. The maximum atomic E-state index is 14.1. The van der Waals surface area contributed by atoms with E-state index < -0.39 is 13.9 Å². The molecular formula is C27H33ClN5O4P. The number of imidazole rings is 1. The topological polar surface area (TPSA) is 114 Å². The van der Waals surface area contributed by atoms with Gasteiger partial charge in [-0.15, -0.1) is 0 Å². The van der Waals surface area contributed by atoms with Gasteiger partial charge in [0.1, 0.15) is 23.7 Å². The van der Waals surface area contributed by atoms with Crippen molar-refractivity contribution in [1.82, 2.24) is 19.6 Å². The third-order valence-electron chi connectivity index (χ3n) is 6.61. The number of para-hydroxylation sites is 1. The summed E-state index contributed by atoms with van der Waals surface area (Å²) in [4.78, 5) is 9.30. The number of nitrogen functional groups attached to an aromatic ring is 1. The van der Waals surface area contributed by atoms with E-state index in [0.29, 0.717) is 53.6 Å². The number of hydrogen-bond acceptors (Lipinski definition) is 7. The fourth-order valence-corrected chi connectivity index (χ4v) is 6.53. The van der Waals surface area contributed by atoms with Crippen molar-refractivity contribution in [3.8, 4) is 5.75 Å². The van der Waals surface area contributed by atoms with Crippen LogP contribution >= 0.6 is 19.3 Å². The highest BCUT2D eigenvalue weighted by atomic mass is 35.5. The monoisotopic (exact) mass is 557 g/mol. The zero-order chi connectivity index (χ0) is 26.9. The van der Waals surface area contributed by atoms with E-state index in [1.54, 1.807) is 24.3 Å². The summed E-state index contributed by atoms with van der Waals surface area (Å²) >= 11 is 6.03. The Morgan fingerprint density at radius 3 is 2.61 bits per heavy atom. The molecule has 2 aromatic carbocycles. The van der Waals surface area contributed by atoms with Gasteiger partial charge in [0.05, 0.1) is 23.7 Å². The number of nitrogens with one attached hydrogen (secondary N) is 1. The first-order chi connectivity index (χ1) is 18.3. The molecule has 0 saturated heterocycles. The van der Waals surface area contributed by atoms with Crippen LogP contribution in [-0.4, -0.2) is 33.3 Å². The summed E-state index contributed by atoms with van der Waals surface area (Å²) in [5.74, 6) is 1.90. The summed E-state index contributed by atoms with van der Waals surface area (Å²) in [6.45, 7) is 6.98. The Balaban J connectivity index is 1.48. The Labute approximate surface area is 227 Å². The summed E-state index contributed by atoms with van der Waals surface area (Å²) in [5, 5.41) is 4.63. The molecule has 0 aliphatic heterocycles. The van der Waals surface area contributed by atoms with Crippen LogP contribution in [0.2, 0.25) is 5.02 Å². The quantitative estimate of drug-likeness (QED) is 0.194. The maximum Gasteiger partial charge on any atom is 0.459 e. The van der Waals surface area contributed by atoms with E-state index >= 15 is 0 Å². The fourth-order valence-electron chi connectivity index (χ4n) is 4.60. The van der Waals surface area contributed by atoms with Gasteiger partial charge in [0.2, 0.25) is 0 Å². The molecule has 202 valence electrons. The molecular weight excluding hydrogens is 525 g/mol. The number of nitrogens with two attached hydrogens (primary N) is 1. The molecule has 4 aromatic rings. The van der Waals surface area contributed by atoms with Crippen LogP contribution in [-0.2, 0) is 27.0 Å². The minimum Gasteiger partial charge on any atom is -0.413 e. The molecule has 38 heavy (non-hydrogen) atoms. The molecule has 1 aliphatic rings. The van der Waals surface area contributed by atoms with E-state index in [4.69, 9.17) is 36.1 Å². The number of fused-ring (bicyclic) bond motifs is 3. The highest BCUT2D eigenvalue weighted by molar-refractivity contribution is 7.52. The molecule has 1 fully saturated rings. The first-order valence-corrected chi connectivity index (χ1v) is 14.8. The first kappa shape index (κ1) is 26.9. The van der Waals surface area contributed by atoms with Crippen LogP contribution in [0.3, 0.4) is 0 Å². The smallest absolute Gasteiger partial charge is 0.413 e. The molecule has 0 bridgehead atoms. The van der Waals surface area contributed by atoms with Crippen molar-refractivity contribution in [1.29, 1.82) is 0 Å². The van der Waals surface area contributed by atoms with Crippen LogP contribution in [0.15, 0.2) is 48.5 Å². The van der Waals surface area contributed by atoms with Crippen LogP contribution in [0.1, 0.15) is 39.4 Å². The van der Waals surface area contributed by atoms with Crippen LogP contribution in [0.4, 0.5) is 5.82 Å². The predicted octanol–water partition coefficient (Wildman–Crippen LogP) is 6.34. The lowest BCUT2D eigenvalue weighted by Gasteiger charge is -2.27. The molecule has 3 atom stereocenters. The molecule has 2 aromatic heterocycles. The van der Waals surface area contributed by atoms with Crippen molar-refractivity contribution >= 4 is 47.1 Å². The Morgan fingerprint density at radius 1 is 1.16 bits per heavy atom. The lowest BCUT2D eigenvalue weighted by molar-refractivity contribution is 0.121. The second kappa shape index (κ2) is 11.2. The summed E-state index contributed by atoms with van der Waals surface area (Å²) in [7, 11) is -3.75. The SMILES string of the molecule is CCOCc1nc2c(N)nc3ccccc3c2n1C[C@H](C)O[P@@](=O)(N[C@@H](C)C1CC1)Oc1ccc(Cl)cc1. The number of pyridine rings is 1. The van der Waals surface area contributed by atoms with Crippen LogP contribution in [0, 0.1) is 5.92 Å². The second-order valence-electron chi connectivity index (χ2n) is 9.70. The van der Waals surface area contributed by atoms with E-state index in [1.165, 1.54) is 0 Å². The van der Waals surface area contributed by atoms with Crippen molar-refractivity contribution in [2.24, 2.45) is 5.92 Å². The van der Waals surface area contributed by atoms with Gasteiger partial charge in [0, 0.05) is 23.1 Å². The standard InChI is InChI=1S/C27H33ClN5O4P/c1-4-35-16-24-31-25-26(22-7-5-6-8-23(22)30-27(25)29)33(24)15-17(2)36-38(34,32-18(3)19-9-10-19)37-21-13-11-20(28)12-14-21/h5-8,11-14,17-19H,4,9-10,15-16H2,1-3H3,(H2,29,30)(H,32,34)/t17-,18-,38-/m0/s1. The fraction of sp³-hybridized carbons (Fsp3) is 0.407. The number of aromatic nitrogens is 3.